The molecule has 0 spiro atoms. The number of esters is 1. The van der Waals surface area contributed by atoms with E-state index in [4.69, 9.17) is 14.2 Å². The quantitative estimate of drug-likeness (QED) is 0.214. The van der Waals surface area contributed by atoms with Crippen LogP contribution in [0, 0.1) is 6.92 Å². The fraction of sp³-hybridized carbons (Fsp3) is 0.125. The molecule has 0 saturated heterocycles. The summed E-state index contributed by atoms with van der Waals surface area (Å²) in [4.78, 5) is 24.6. The highest BCUT2D eigenvalue weighted by Gasteiger charge is 2.13. The minimum absolute atomic E-state index is 0.211. The average Bonchev–Trinajstić information content (AvgIpc) is 2.80. The van der Waals surface area contributed by atoms with E-state index in [-0.39, 0.29) is 6.61 Å². The molecule has 1 amide bonds. The van der Waals surface area contributed by atoms with E-state index >= 15 is 0 Å². The van der Waals surface area contributed by atoms with Gasteiger partial charge in [0.25, 0.3) is 5.91 Å². The Morgan fingerprint density at radius 3 is 2.47 bits per heavy atom. The molecule has 0 unspecified atom stereocenters. The third-order valence-electron chi connectivity index (χ3n) is 4.36. The number of hydrogen-bond acceptors (Lipinski definition) is 6. The normalized spacial score (nSPS) is 10.6. The number of rotatable bonds is 8. The first-order valence-corrected chi connectivity index (χ1v) is 10.4. The molecule has 0 aliphatic carbocycles. The van der Waals surface area contributed by atoms with E-state index in [2.05, 4.69) is 26.5 Å². The summed E-state index contributed by atoms with van der Waals surface area (Å²) in [5.41, 5.74) is 4.19. The van der Waals surface area contributed by atoms with Gasteiger partial charge >= 0.3 is 5.97 Å². The van der Waals surface area contributed by atoms with Gasteiger partial charge in [0.2, 0.25) is 0 Å². The number of hydrazone groups is 1. The zero-order chi connectivity index (χ0) is 22.9. The molecule has 3 aromatic carbocycles. The maximum atomic E-state index is 12.5. The van der Waals surface area contributed by atoms with Gasteiger partial charge in [0.1, 0.15) is 17.2 Å². The summed E-state index contributed by atoms with van der Waals surface area (Å²) in [5, 5.41) is 3.94. The van der Waals surface area contributed by atoms with E-state index in [9.17, 15) is 9.59 Å². The van der Waals surface area contributed by atoms with Gasteiger partial charge in [-0.25, -0.2) is 10.2 Å². The van der Waals surface area contributed by atoms with Crippen LogP contribution in [0.2, 0.25) is 0 Å². The molecule has 1 N–H and O–H groups in total. The van der Waals surface area contributed by atoms with Gasteiger partial charge in [0.05, 0.1) is 18.9 Å². The largest absolute Gasteiger partial charge is 0.497 e. The molecule has 0 atom stereocenters. The SMILES string of the molecule is COc1ccc(OCC(=O)N/N=C/c2cc(Br)ccc2OC(=O)c2ccccc2C)cc1. The van der Waals surface area contributed by atoms with Crippen molar-refractivity contribution >= 4 is 34.0 Å². The second kappa shape index (κ2) is 11.1. The van der Waals surface area contributed by atoms with E-state index in [1.165, 1.54) is 6.21 Å². The molecule has 0 bridgehead atoms. The molecule has 0 aliphatic rings. The lowest BCUT2D eigenvalue weighted by molar-refractivity contribution is -0.123. The van der Waals surface area contributed by atoms with Crippen molar-refractivity contribution in [1.82, 2.24) is 5.43 Å². The van der Waals surface area contributed by atoms with Crippen LogP contribution in [0.25, 0.3) is 0 Å². The summed E-state index contributed by atoms with van der Waals surface area (Å²) in [6.07, 6.45) is 1.40. The Balaban J connectivity index is 1.61. The van der Waals surface area contributed by atoms with Crippen LogP contribution in [0.3, 0.4) is 0 Å². The third-order valence-corrected chi connectivity index (χ3v) is 4.85. The molecule has 32 heavy (non-hydrogen) atoms. The lowest BCUT2D eigenvalue weighted by Crippen LogP contribution is -2.24. The van der Waals surface area contributed by atoms with Crippen molar-refractivity contribution in [2.24, 2.45) is 5.10 Å². The summed E-state index contributed by atoms with van der Waals surface area (Å²) in [5.74, 6) is 0.623. The first-order chi connectivity index (χ1) is 15.5. The highest BCUT2D eigenvalue weighted by Crippen LogP contribution is 2.23. The maximum Gasteiger partial charge on any atom is 0.343 e. The van der Waals surface area contributed by atoms with E-state index < -0.39 is 11.9 Å². The molecule has 3 rings (SSSR count). The maximum absolute atomic E-state index is 12.5. The van der Waals surface area contributed by atoms with Crippen LogP contribution in [0.5, 0.6) is 17.2 Å². The number of amides is 1. The predicted molar refractivity (Wildman–Crippen MR) is 125 cm³/mol. The number of methoxy groups -OCH3 is 1. The standard InChI is InChI=1S/C24H21BrN2O5/c1-16-5-3-4-6-21(16)24(29)32-22-12-7-18(25)13-17(22)14-26-27-23(28)15-31-20-10-8-19(30-2)9-11-20/h3-14H,15H2,1-2H3,(H,27,28)/b26-14+. The molecule has 0 aromatic heterocycles. The number of halogens is 1. The first-order valence-electron chi connectivity index (χ1n) is 9.62. The zero-order valence-corrected chi connectivity index (χ0v) is 19.1. The summed E-state index contributed by atoms with van der Waals surface area (Å²) in [6.45, 7) is 1.63. The number of nitrogens with zero attached hydrogens (tertiary/aromatic N) is 1. The Bertz CT molecular complexity index is 1130. The second-order valence-electron chi connectivity index (χ2n) is 6.64. The van der Waals surface area contributed by atoms with Gasteiger partial charge < -0.3 is 14.2 Å². The zero-order valence-electron chi connectivity index (χ0n) is 17.5. The minimum Gasteiger partial charge on any atom is -0.497 e. The molecule has 0 aliphatic heterocycles. The molecule has 0 heterocycles. The second-order valence-corrected chi connectivity index (χ2v) is 7.56. The van der Waals surface area contributed by atoms with Crippen LogP contribution in [-0.2, 0) is 4.79 Å². The highest BCUT2D eigenvalue weighted by molar-refractivity contribution is 9.10. The molecular weight excluding hydrogens is 476 g/mol. The Labute approximate surface area is 194 Å². The molecule has 0 saturated carbocycles. The van der Waals surface area contributed by atoms with Crippen molar-refractivity contribution < 1.29 is 23.8 Å². The van der Waals surface area contributed by atoms with Crippen molar-refractivity contribution in [1.29, 1.82) is 0 Å². The van der Waals surface area contributed by atoms with Gasteiger partial charge in [-0.15, -0.1) is 0 Å². The number of ether oxygens (including phenoxy) is 3. The number of benzene rings is 3. The van der Waals surface area contributed by atoms with Crippen LogP contribution >= 0.6 is 15.9 Å². The van der Waals surface area contributed by atoms with Crippen molar-refractivity contribution in [3.63, 3.8) is 0 Å². The Morgan fingerprint density at radius 1 is 1.03 bits per heavy atom. The van der Waals surface area contributed by atoms with E-state index in [1.807, 2.05) is 19.1 Å². The summed E-state index contributed by atoms with van der Waals surface area (Å²) < 4.78 is 16.8. The van der Waals surface area contributed by atoms with E-state index in [1.54, 1.807) is 61.7 Å². The average molecular weight is 497 g/mol. The molecule has 8 heteroatoms. The fourth-order valence-electron chi connectivity index (χ4n) is 2.70. The molecule has 3 aromatic rings. The van der Waals surface area contributed by atoms with Gasteiger partial charge in [-0.1, -0.05) is 34.1 Å². The smallest absolute Gasteiger partial charge is 0.343 e. The lowest BCUT2D eigenvalue weighted by Gasteiger charge is -2.09. The van der Waals surface area contributed by atoms with Crippen molar-refractivity contribution in [3.05, 3.63) is 87.9 Å². The number of nitrogens with one attached hydrogen (secondary N) is 1. The van der Waals surface area contributed by atoms with Gasteiger partial charge in [-0.2, -0.15) is 5.10 Å². The highest BCUT2D eigenvalue weighted by atomic mass is 79.9. The van der Waals surface area contributed by atoms with Crippen LogP contribution in [0.1, 0.15) is 21.5 Å². The topological polar surface area (TPSA) is 86.2 Å². The Hall–Kier alpha value is -3.65. The van der Waals surface area contributed by atoms with Crippen LogP contribution < -0.4 is 19.6 Å². The van der Waals surface area contributed by atoms with Crippen molar-refractivity contribution in [2.45, 2.75) is 6.92 Å². The number of carbonyl (C=O) groups is 2. The number of aryl methyl sites for hydroxylation is 1. The fourth-order valence-corrected chi connectivity index (χ4v) is 3.08. The van der Waals surface area contributed by atoms with Gasteiger partial charge in [-0.3, -0.25) is 4.79 Å². The van der Waals surface area contributed by atoms with Crippen molar-refractivity contribution in [2.75, 3.05) is 13.7 Å². The molecule has 164 valence electrons. The summed E-state index contributed by atoms with van der Waals surface area (Å²) in [7, 11) is 1.57. The number of hydrogen-bond donors (Lipinski definition) is 1. The van der Waals surface area contributed by atoms with Crippen LogP contribution in [0.4, 0.5) is 0 Å². The molecule has 0 fully saturated rings. The van der Waals surface area contributed by atoms with E-state index in [0.717, 1.165) is 10.0 Å². The minimum atomic E-state index is -0.475. The van der Waals surface area contributed by atoms with Crippen molar-refractivity contribution in [3.8, 4) is 17.2 Å². The van der Waals surface area contributed by atoms with E-state index in [0.29, 0.717) is 28.4 Å². The van der Waals surface area contributed by atoms with Gasteiger partial charge in [-0.05, 0) is 61.0 Å². The van der Waals surface area contributed by atoms with Crippen LogP contribution in [-0.4, -0.2) is 31.8 Å². The molecular formula is C24H21BrN2O5. The molecule has 0 radical (unpaired) electrons. The lowest BCUT2D eigenvalue weighted by atomic mass is 10.1. The predicted octanol–water partition coefficient (Wildman–Crippen LogP) is 4.51. The Kier molecular flexibility index (Phi) is 7.99. The summed E-state index contributed by atoms with van der Waals surface area (Å²) >= 11 is 3.38. The number of carbonyl (C=O) groups excluding carboxylic acids is 2. The van der Waals surface area contributed by atoms with Gasteiger partial charge in [0.15, 0.2) is 6.61 Å². The first kappa shape index (κ1) is 23.0. The molecule has 7 nitrogen and oxygen atoms in total. The van der Waals surface area contributed by atoms with Gasteiger partial charge in [0, 0.05) is 10.0 Å². The Morgan fingerprint density at radius 2 is 1.75 bits per heavy atom. The summed E-state index contributed by atoms with van der Waals surface area (Å²) in [6, 6.07) is 19.2. The monoisotopic (exact) mass is 496 g/mol. The van der Waals surface area contributed by atoms with Crippen LogP contribution in [0.15, 0.2) is 76.3 Å². The third kappa shape index (κ3) is 6.42.